The van der Waals surface area contributed by atoms with Crippen LogP contribution in [0.2, 0.25) is 0 Å². The normalized spacial score (nSPS) is 11.7. The Labute approximate surface area is 173 Å². The first-order chi connectivity index (χ1) is 14.8. The van der Waals surface area contributed by atoms with Crippen LogP contribution in [0.25, 0.3) is 22.3 Å². The van der Waals surface area contributed by atoms with Gasteiger partial charge in [-0.05, 0) is 6.42 Å². The van der Waals surface area contributed by atoms with Gasteiger partial charge in [0.1, 0.15) is 0 Å². The molecule has 1 N–H and O–H groups in total. The van der Waals surface area contributed by atoms with Crippen molar-refractivity contribution in [2.75, 3.05) is 6.61 Å². The molecule has 4 aromatic heterocycles. The smallest absolute Gasteiger partial charge is 0.332 e. The molecule has 4 heterocycles. The highest BCUT2D eigenvalue weighted by molar-refractivity contribution is 5.70. The number of aryl methyl sites for hydroxylation is 3. The van der Waals surface area contributed by atoms with Gasteiger partial charge in [-0.1, -0.05) is 0 Å². The third-order valence-electron chi connectivity index (χ3n) is 5.37. The summed E-state index contributed by atoms with van der Waals surface area (Å²) in [5, 5.41) is 9.31. The van der Waals surface area contributed by atoms with Gasteiger partial charge in [-0.3, -0.25) is 27.9 Å². The van der Waals surface area contributed by atoms with Crippen LogP contribution >= 0.6 is 0 Å². The maximum Gasteiger partial charge on any atom is 0.332 e. The van der Waals surface area contributed by atoms with Crippen molar-refractivity contribution in [3.63, 3.8) is 0 Å². The Balaban J connectivity index is 1.73. The third kappa shape index (κ3) is 3.04. The number of imidazole rings is 2. The van der Waals surface area contributed by atoms with Gasteiger partial charge in [0.05, 0.1) is 25.8 Å². The quantitative estimate of drug-likeness (QED) is 0.363. The van der Waals surface area contributed by atoms with E-state index in [1.54, 1.807) is 18.7 Å². The number of aromatic nitrogens is 8. The number of fused-ring (bicyclic) bond motifs is 2. The molecule has 0 saturated carbocycles. The van der Waals surface area contributed by atoms with E-state index in [2.05, 4.69) is 9.97 Å². The van der Waals surface area contributed by atoms with Gasteiger partial charge in [0.15, 0.2) is 22.3 Å². The van der Waals surface area contributed by atoms with E-state index in [1.165, 1.54) is 33.4 Å². The predicted octanol–water partition coefficient (Wildman–Crippen LogP) is -2.27. The molecule has 0 spiro atoms. The molecule has 0 radical (unpaired) electrons. The summed E-state index contributed by atoms with van der Waals surface area (Å²) in [6.07, 6.45) is 3.08. The van der Waals surface area contributed by atoms with Gasteiger partial charge in [-0.15, -0.1) is 0 Å². The molecule has 0 unspecified atom stereocenters. The number of hydrogen-bond donors (Lipinski definition) is 1. The summed E-state index contributed by atoms with van der Waals surface area (Å²) in [6, 6.07) is 0. The van der Waals surface area contributed by atoms with E-state index in [-0.39, 0.29) is 43.8 Å². The van der Waals surface area contributed by atoms with Crippen molar-refractivity contribution in [3.05, 3.63) is 54.3 Å². The lowest BCUT2D eigenvalue weighted by atomic mass is 10.3. The Kier molecular flexibility index (Phi) is 4.97. The van der Waals surface area contributed by atoms with E-state index in [9.17, 15) is 24.3 Å². The van der Waals surface area contributed by atoms with E-state index in [0.29, 0.717) is 11.2 Å². The van der Waals surface area contributed by atoms with Crippen LogP contribution in [0.4, 0.5) is 0 Å². The van der Waals surface area contributed by atoms with E-state index < -0.39 is 22.5 Å². The highest BCUT2D eigenvalue weighted by atomic mass is 16.3. The Morgan fingerprint density at radius 1 is 0.742 bits per heavy atom. The molecule has 0 saturated heterocycles. The predicted molar refractivity (Wildman–Crippen MR) is 111 cm³/mol. The van der Waals surface area contributed by atoms with Crippen molar-refractivity contribution < 1.29 is 5.11 Å². The fraction of sp³-hybridized carbons (Fsp3) is 0.444. The Morgan fingerprint density at radius 2 is 1.26 bits per heavy atom. The summed E-state index contributed by atoms with van der Waals surface area (Å²) >= 11 is 0. The fourth-order valence-corrected chi connectivity index (χ4v) is 3.79. The van der Waals surface area contributed by atoms with Crippen molar-refractivity contribution in [1.29, 1.82) is 0 Å². The summed E-state index contributed by atoms with van der Waals surface area (Å²) in [6.45, 7) is -0.297. The summed E-state index contributed by atoms with van der Waals surface area (Å²) < 4.78 is 7.70. The van der Waals surface area contributed by atoms with Gasteiger partial charge in [0.25, 0.3) is 11.1 Å². The number of aliphatic hydroxyl groups excluding tert-OH is 1. The third-order valence-corrected chi connectivity index (χ3v) is 5.37. The van der Waals surface area contributed by atoms with Gasteiger partial charge < -0.3 is 14.2 Å². The van der Waals surface area contributed by atoms with Gasteiger partial charge in [0, 0.05) is 34.2 Å². The first-order valence-corrected chi connectivity index (χ1v) is 9.64. The lowest BCUT2D eigenvalue weighted by molar-refractivity contribution is 0.273. The highest BCUT2D eigenvalue weighted by Gasteiger charge is 2.18. The zero-order valence-corrected chi connectivity index (χ0v) is 17.3. The molecule has 0 atom stereocenters. The Morgan fingerprint density at radius 3 is 1.84 bits per heavy atom. The summed E-state index contributed by atoms with van der Waals surface area (Å²) in [7, 11) is 4.83. The van der Waals surface area contributed by atoms with Crippen LogP contribution < -0.4 is 22.5 Å². The molecule has 164 valence electrons. The van der Waals surface area contributed by atoms with E-state index in [1.807, 2.05) is 0 Å². The van der Waals surface area contributed by atoms with Crippen LogP contribution in [0, 0.1) is 0 Å². The zero-order valence-electron chi connectivity index (χ0n) is 17.3. The van der Waals surface area contributed by atoms with Crippen molar-refractivity contribution >= 4 is 22.3 Å². The molecule has 0 aliphatic carbocycles. The Bertz CT molecular complexity index is 1540. The molecular weight excluding hydrogens is 408 g/mol. The van der Waals surface area contributed by atoms with Crippen LogP contribution in [0.15, 0.2) is 31.8 Å². The van der Waals surface area contributed by atoms with Gasteiger partial charge >= 0.3 is 11.4 Å². The molecule has 0 fully saturated rings. The number of hydrogen-bond acceptors (Lipinski definition) is 7. The molecular formula is C18H22N8O5. The lowest BCUT2D eigenvalue weighted by Gasteiger charge is -2.12. The topological polar surface area (TPSA) is 144 Å². The second-order valence-corrected chi connectivity index (χ2v) is 7.32. The maximum absolute atomic E-state index is 12.9. The molecule has 0 aromatic carbocycles. The average Bonchev–Trinajstić information content (AvgIpc) is 3.31. The van der Waals surface area contributed by atoms with Gasteiger partial charge in [0.2, 0.25) is 0 Å². The number of rotatable bonds is 6. The van der Waals surface area contributed by atoms with Crippen LogP contribution in [0.1, 0.15) is 6.42 Å². The first-order valence-electron chi connectivity index (χ1n) is 9.64. The molecule has 0 aliphatic rings. The minimum atomic E-state index is -0.604. The summed E-state index contributed by atoms with van der Waals surface area (Å²) in [4.78, 5) is 59.3. The summed E-state index contributed by atoms with van der Waals surface area (Å²) in [5.74, 6) is 0. The minimum absolute atomic E-state index is 0.0101. The van der Waals surface area contributed by atoms with Crippen LogP contribution in [-0.4, -0.2) is 49.1 Å². The van der Waals surface area contributed by atoms with Crippen LogP contribution in [0.3, 0.4) is 0 Å². The molecule has 0 bridgehead atoms. The second kappa shape index (κ2) is 7.50. The SMILES string of the molecule is Cn1cnc2c1c(=O)n(CCCn1c(=O)c3c(ncn3C)n(CCO)c1=O)c(=O)n2C. The second-order valence-electron chi connectivity index (χ2n) is 7.32. The number of aliphatic hydroxyl groups is 1. The molecule has 31 heavy (non-hydrogen) atoms. The van der Waals surface area contributed by atoms with Crippen LogP contribution in [-0.2, 0) is 40.8 Å². The van der Waals surface area contributed by atoms with E-state index in [4.69, 9.17) is 0 Å². The lowest BCUT2D eigenvalue weighted by Crippen LogP contribution is -2.42. The largest absolute Gasteiger partial charge is 0.395 e. The first kappa shape index (κ1) is 20.5. The molecule has 4 rings (SSSR count). The molecule has 13 nitrogen and oxygen atoms in total. The Hall–Kier alpha value is -3.74. The minimum Gasteiger partial charge on any atom is -0.395 e. The average molecular weight is 430 g/mol. The van der Waals surface area contributed by atoms with E-state index in [0.717, 1.165) is 9.13 Å². The highest BCUT2D eigenvalue weighted by Crippen LogP contribution is 2.06. The summed E-state index contributed by atoms with van der Waals surface area (Å²) in [5.41, 5.74) is -1.11. The zero-order chi connectivity index (χ0) is 22.4. The molecule has 4 aromatic rings. The maximum atomic E-state index is 12.9. The van der Waals surface area contributed by atoms with E-state index >= 15 is 0 Å². The molecule has 0 amide bonds. The molecule has 0 aliphatic heterocycles. The molecule has 13 heteroatoms. The van der Waals surface area contributed by atoms with Crippen molar-refractivity contribution in [2.24, 2.45) is 21.1 Å². The van der Waals surface area contributed by atoms with Crippen LogP contribution in [0.5, 0.6) is 0 Å². The fourth-order valence-electron chi connectivity index (χ4n) is 3.79. The number of nitrogens with zero attached hydrogens (tertiary/aromatic N) is 8. The van der Waals surface area contributed by atoms with Gasteiger partial charge in [-0.2, -0.15) is 0 Å². The standard InChI is InChI=1S/C18H22N8O5/c1-21-9-19-13-11(21)15(28)25(17(30)23(13)3)5-4-6-26-16(29)12-14(20-10-22(12)2)24(7-8-27)18(26)31/h9-10,27H,4-8H2,1-3H3. The van der Waals surface area contributed by atoms with Gasteiger partial charge in [-0.25, -0.2) is 19.6 Å². The van der Waals surface area contributed by atoms with Crippen molar-refractivity contribution in [1.82, 2.24) is 37.4 Å². The van der Waals surface area contributed by atoms with Crippen molar-refractivity contribution in [3.8, 4) is 0 Å². The monoisotopic (exact) mass is 430 g/mol. The van der Waals surface area contributed by atoms with Crippen molar-refractivity contribution in [2.45, 2.75) is 26.1 Å².